The topological polar surface area (TPSA) is 45.1 Å². The van der Waals surface area contributed by atoms with Gasteiger partial charge in [-0.3, -0.25) is 4.90 Å². The molecule has 28 heavy (non-hydrogen) atoms. The Hall–Kier alpha value is -2.74. The number of halogens is 4. The highest BCUT2D eigenvalue weighted by Crippen LogP contribution is 2.27. The molecule has 2 amide bonds. The fourth-order valence-corrected chi connectivity index (χ4v) is 3.01. The molecular formula is C19H17ClF3N3O2. The molecule has 0 bridgehead atoms. The maximum Gasteiger partial charge on any atom is 0.573 e. The van der Waals surface area contributed by atoms with Crippen LogP contribution in [0.4, 0.5) is 23.7 Å². The first-order chi connectivity index (χ1) is 13.1. The predicted molar refractivity (Wildman–Crippen MR) is 101 cm³/mol. The summed E-state index contributed by atoms with van der Waals surface area (Å²) in [4.78, 5) is 14.3. The summed E-state index contributed by atoms with van der Waals surface area (Å²) in [5.41, 5.74) is 1.88. The molecule has 9 heteroatoms. The first kappa shape index (κ1) is 20.0. The van der Waals surface area contributed by atoms with Crippen molar-refractivity contribution in [1.82, 2.24) is 5.01 Å². The smallest absolute Gasteiger partial charge is 0.406 e. The van der Waals surface area contributed by atoms with Crippen LogP contribution in [0, 0.1) is 0 Å². The van der Waals surface area contributed by atoms with Crippen molar-refractivity contribution >= 4 is 29.5 Å². The molecule has 1 heterocycles. The van der Waals surface area contributed by atoms with Crippen LogP contribution in [-0.4, -0.2) is 36.7 Å². The van der Waals surface area contributed by atoms with Crippen molar-refractivity contribution in [3.8, 4) is 5.75 Å². The number of carbonyl (C=O) groups excluding carboxylic acids is 1. The molecule has 0 spiro atoms. The van der Waals surface area contributed by atoms with E-state index in [1.807, 2.05) is 6.92 Å². The summed E-state index contributed by atoms with van der Waals surface area (Å²) in [5, 5.41) is 6.06. The summed E-state index contributed by atoms with van der Waals surface area (Å²) in [6, 6.07) is 10.2. The van der Waals surface area contributed by atoms with E-state index in [9.17, 15) is 18.0 Å². The van der Waals surface area contributed by atoms with Gasteiger partial charge in [0.05, 0.1) is 12.3 Å². The Labute approximate surface area is 164 Å². The summed E-state index contributed by atoms with van der Waals surface area (Å²) in [6.07, 6.45) is -2.97. The van der Waals surface area contributed by atoms with E-state index >= 15 is 0 Å². The number of hydrazone groups is 1. The number of nitrogens with zero attached hydrogens (tertiary/aromatic N) is 3. The monoisotopic (exact) mass is 411 g/mol. The first-order valence-corrected chi connectivity index (χ1v) is 8.77. The molecule has 0 aromatic heterocycles. The molecule has 1 aliphatic heterocycles. The molecule has 0 aliphatic carbocycles. The number of amides is 2. The molecule has 1 unspecified atom stereocenters. The molecule has 0 saturated carbocycles. The van der Waals surface area contributed by atoms with Gasteiger partial charge in [-0.2, -0.15) is 5.10 Å². The fraction of sp³-hybridized carbons (Fsp3) is 0.263. The second kappa shape index (κ2) is 7.71. The normalized spacial score (nSPS) is 16.4. The molecule has 0 radical (unpaired) electrons. The maximum absolute atomic E-state index is 12.9. The van der Waals surface area contributed by atoms with Crippen LogP contribution in [0.25, 0.3) is 0 Å². The third-order valence-electron chi connectivity index (χ3n) is 4.30. The number of ether oxygens (including phenoxy) is 1. The zero-order chi connectivity index (χ0) is 20.5. The van der Waals surface area contributed by atoms with Gasteiger partial charge in [-0.15, -0.1) is 13.2 Å². The second-order valence-corrected chi connectivity index (χ2v) is 6.81. The van der Waals surface area contributed by atoms with Crippen LogP contribution in [0.15, 0.2) is 47.6 Å². The minimum atomic E-state index is -4.77. The van der Waals surface area contributed by atoms with Gasteiger partial charge in [0.1, 0.15) is 5.75 Å². The number of fused-ring (bicyclic) bond motifs is 1. The van der Waals surface area contributed by atoms with Crippen LogP contribution in [0.3, 0.4) is 0 Å². The standard InChI is InChI=1S/C19H17ClF3N3O2/c1-12-9-13-3-8-17(28-19(21,22)23)10-14(13)11-24-26(12)18(27)25(2)16-6-4-15(20)5-7-16/h3-8,10-12H,9H2,1-2H3. The van der Waals surface area contributed by atoms with Gasteiger partial charge < -0.3 is 4.74 Å². The van der Waals surface area contributed by atoms with Crippen molar-refractivity contribution < 1.29 is 22.7 Å². The minimum Gasteiger partial charge on any atom is -0.406 e. The molecule has 1 atom stereocenters. The number of rotatable bonds is 2. The highest BCUT2D eigenvalue weighted by Gasteiger charge is 2.32. The summed E-state index contributed by atoms with van der Waals surface area (Å²) in [5.74, 6) is -0.330. The quantitative estimate of drug-likeness (QED) is 0.692. The molecular weight excluding hydrogens is 395 g/mol. The third-order valence-corrected chi connectivity index (χ3v) is 4.55. The number of hydrogen-bond donors (Lipinski definition) is 0. The van der Waals surface area contributed by atoms with Gasteiger partial charge >= 0.3 is 12.4 Å². The van der Waals surface area contributed by atoms with E-state index in [2.05, 4.69) is 9.84 Å². The number of alkyl halides is 3. The van der Waals surface area contributed by atoms with Crippen LogP contribution in [0.1, 0.15) is 18.1 Å². The molecule has 3 rings (SSSR count). The Kier molecular flexibility index (Phi) is 5.51. The van der Waals surface area contributed by atoms with E-state index < -0.39 is 6.36 Å². The lowest BCUT2D eigenvalue weighted by atomic mass is 10.0. The van der Waals surface area contributed by atoms with Crippen molar-refractivity contribution in [3.63, 3.8) is 0 Å². The van der Waals surface area contributed by atoms with E-state index in [0.29, 0.717) is 22.7 Å². The van der Waals surface area contributed by atoms with Gasteiger partial charge in [-0.1, -0.05) is 17.7 Å². The Morgan fingerprint density at radius 2 is 1.93 bits per heavy atom. The van der Waals surface area contributed by atoms with E-state index in [1.54, 1.807) is 37.4 Å². The maximum atomic E-state index is 12.9. The Morgan fingerprint density at radius 1 is 1.25 bits per heavy atom. The van der Waals surface area contributed by atoms with Crippen LogP contribution >= 0.6 is 11.6 Å². The molecule has 5 nitrogen and oxygen atoms in total. The molecule has 0 saturated heterocycles. The summed E-state index contributed by atoms with van der Waals surface area (Å²) >= 11 is 5.88. The largest absolute Gasteiger partial charge is 0.573 e. The number of hydrogen-bond acceptors (Lipinski definition) is 3. The van der Waals surface area contributed by atoms with Crippen molar-refractivity contribution in [2.45, 2.75) is 25.7 Å². The predicted octanol–water partition coefficient (Wildman–Crippen LogP) is 5.08. The number of carbonyl (C=O) groups is 1. The Morgan fingerprint density at radius 3 is 2.57 bits per heavy atom. The van der Waals surface area contributed by atoms with Gasteiger partial charge in [-0.05, 0) is 55.3 Å². The van der Waals surface area contributed by atoms with Crippen LogP contribution in [0.2, 0.25) is 5.02 Å². The Bertz CT molecular complexity index is 900. The highest BCUT2D eigenvalue weighted by atomic mass is 35.5. The lowest BCUT2D eigenvalue weighted by molar-refractivity contribution is -0.274. The lowest BCUT2D eigenvalue weighted by Crippen LogP contribution is -2.43. The van der Waals surface area contributed by atoms with Crippen molar-refractivity contribution in [2.75, 3.05) is 11.9 Å². The Balaban J connectivity index is 1.82. The molecule has 0 N–H and O–H groups in total. The van der Waals surface area contributed by atoms with Crippen LogP contribution in [0.5, 0.6) is 5.75 Å². The van der Waals surface area contributed by atoms with Gasteiger partial charge in [0, 0.05) is 23.3 Å². The summed E-state index contributed by atoms with van der Waals surface area (Å²) in [7, 11) is 1.61. The van der Waals surface area contributed by atoms with Gasteiger partial charge in [0.15, 0.2) is 0 Å². The zero-order valence-corrected chi connectivity index (χ0v) is 15.8. The average Bonchev–Trinajstić information content (AvgIpc) is 2.78. The van der Waals surface area contributed by atoms with Crippen molar-refractivity contribution in [1.29, 1.82) is 0 Å². The van der Waals surface area contributed by atoms with Crippen LogP contribution in [-0.2, 0) is 6.42 Å². The van der Waals surface area contributed by atoms with E-state index in [1.165, 1.54) is 28.3 Å². The number of urea groups is 1. The molecule has 2 aromatic rings. The van der Waals surface area contributed by atoms with Gasteiger partial charge in [-0.25, -0.2) is 9.80 Å². The highest BCUT2D eigenvalue weighted by molar-refractivity contribution is 6.30. The van der Waals surface area contributed by atoms with Crippen LogP contribution < -0.4 is 9.64 Å². The molecule has 1 aliphatic rings. The number of benzene rings is 2. The second-order valence-electron chi connectivity index (χ2n) is 6.37. The fourth-order valence-electron chi connectivity index (χ4n) is 2.89. The lowest BCUT2D eigenvalue weighted by Gasteiger charge is -2.28. The minimum absolute atomic E-state index is 0.297. The first-order valence-electron chi connectivity index (χ1n) is 8.39. The van der Waals surface area contributed by atoms with Gasteiger partial charge in [0.25, 0.3) is 0 Å². The average molecular weight is 412 g/mol. The summed E-state index contributed by atoms with van der Waals surface area (Å²) in [6.45, 7) is 1.82. The summed E-state index contributed by atoms with van der Waals surface area (Å²) < 4.78 is 41.3. The van der Waals surface area contributed by atoms with E-state index in [4.69, 9.17) is 11.6 Å². The molecule has 2 aromatic carbocycles. The molecule has 148 valence electrons. The SMILES string of the molecule is CC1Cc2ccc(OC(F)(F)F)cc2C=NN1C(=O)N(C)c1ccc(Cl)cc1. The third kappa shape index (κ3) is 4.56. The number of anilines is 1. The van der Waals surface area contributed by atoms with Gasteiger partial charge in [0.2, 0.25) is 0 Å². The van der Waals surface area contributed by atoms with Crippen molar-refractivity contribution in [3.05, 3.63) is 58.6 Å². The molecule has 0 fully saturated rings. The van der Waals surface area contributed by atoms with E-state index in [-0.39, 0.29) is 17.8 Å². The van der Waals surface area contributed by atoms with Crippen molar-refractivity contribution in [2.24, 2.45) is 5.10 Å². The zero-order valence-electron chi connectivity index (χ0n) is 15.1. The van der Waals surface area contributed by atoms with E-state index in [0.717, 1.165) is 5.56 Å².